The smallest absolute Gasteiger partial charge is 0.347 e. The average Bonchev–Trinajstić information content (AvgIpc) is 2.68. The Morgan fingerprint density at radius 2 is 1.82 bits per heavy atom. The van der Waals surface area contributed by atoms with Gasteiger partial charge in [-0.15, -0.1) is 0 Å². The van der Waals surface area contributed by atoms with Crippen LogP contribution in [-0.2, 0) is 14.3 Å². The van der Waals surface area contributed by atoms with E-state index >= 15 is 0 Å². The summed E-state index contributed by atoms with van der Waals surface area (Å²) >= 11 is 5.90. The highest BCUT2D eigenvalue weighted by Crippen LogP contribution is 2.19. The fourth-order valence-electron chi connectivity index (χ4n) is 2.47. The predicted octanol–water partition coefficient (Wildman–Crippen LogP) is 3.99. The third-order valence-corrected chi connectivity index (χ3v) is 4.10. The molecule has 2 unspecified atom stereocenters. The van der Waals surface area contributed by atoms with Crippen LogP contribution in [0.2, 0.25) is 5.02 Å². The first-order chi connectivity index (χ1) is 13.4. The van der Waals surface area contributed by atoms with Crippen LogP contribution in [0.1, 0.15) is 20.3 Å². The lowest BCUT2D eigenvalue weighted by atomic mass is 10.2. The summed E-state index contributed by atoms with van der Waals surface area (Å²) in [6.07, 6.45) is -1.79. The largest absolute Gasteiger partial charge is 0.479 e. The number of benzene rings is 2. The Kier molecular flexibility index (Phi) is 7.85. The molecule has 0 saturated carbocycles. The normalized spacial score (nSPS) is 12.4. The van der Waals surface area contributed by atoms with E-state index < -0.39 is 24.1 Å². The number of para-hydroxylation sites is 1. The molecule has 2 atom stereocenters. The number of ether oxygens (including phenoxy) is 2. The maximum atomic E-state index is 12.8. The fourth-order valence-corrected chi connectivity index (χ4v) is 2.65. The Morgan fingerprint density at radius 1 is 1.11 bits per heavy atom. The van der Waals surface area contributed by atoms with E-state index in [0.717, 1.165) is 0 Å². The topological polar surface area (TPSA) is 79.6 Å². The zero-order chi connectivity index (χ0) is 20.5. The van der Waals surface area contributed by atoms with Crippen molar-refractivity contribution >= 4 is 29.2 Å². The molecule has 0 spiro atoms. The Balaban J connectivity index is 2.02. The number of nitriles is 1. The molecule has 0 saturated heterocycles. The molecule has 0 N–H and O–H groups in total. The Labute approximate surface area is 169 Å². The van der Waals surface area contributed by atoms with Gasteiger partial charge in [0.05, 0.1) is 12.5 Å². The van der Waals surface area contributed by atoms with Crippen molar-refractivity contribution in [3.63, 3.8) is 0 Å². The molecule has 0 radical (unpaired) electrons. The number of anilines is 1. The monoisotopic (exact) mass is 400 g/mol. The van der Waals surface area contributed by atoms with Crippen LogP contribution < -0.4 is 9.64 Å². The molecule has 0 aliphatic heterocycles. The molecule has 1 amide bonds. The van der Waals surface area contributed by atoms with Gasteiger partial charge < -0.3 is 14.4 Å². The predicted molar refractivity (Wildman–Crippen MR) is 106 cm³/mol. The molecule has 0 bridgehead atoms. The molecular weight excluding hydrogens is 380 g/mol. The van der Waals surface area contributed by atoms with Crippen LogP contribution >= 0.6 is 11.6 Å². The van der Waals surface area contributed by atoms with Gasteiger partial charge in [-0.2, -0.15) is 5.26 Å². The summed E-state index contributed by atoms with van der Waals surface area (Å²) < 4.78 is 10.8. The van der Waals surface area contributed by atoms with Crippen LogP contribution in [0.5, 0.6) is 5.75 Å². The number of hydrogen-bond acceptors (Lipinski definition) is 5. The maximum Gasteiger partial charge on any atom is 0.347 e. The molecule has 2 rings (SSSR count). The zero-order valence-electron chi connectivity index (χ0n) is 15.7. The highest BCUT2D eigenvalue weighted by molar-refractivity contribution is 6.30. The second-order valence-electron chi connectivity index (χ2n) is 6.03. The van der Waals surface area contributed by atoms with Gasteiger partial charge in [-0.25, -0.2) is 4.79 Å². The van der Waals surface area contributed by atoms with Crippen molar-refractivity contribution in [3.05, 3.63) is 59.6 Å². The van der Waals surface area contributed by atoms with Crippen molar-refractivity contribution < 1.29 is 19.1 Å². The number of nitrogens with zero attached hydrogens (tertiary/aromatic N) is 2. The molecule has 0 aliphatic rings. The molecule has 2 aromatic carbocycles. The third-order valence-electron chi connectivity index (χ3n) is 3.86. The minimum Gasteiger partial charge on any atom is -0.479 e. The average molecular weight is 401 g/mol. The minimum atomic E-state index is -1.03. The van der Waals surface area contributed by atoms with Crippen LogP contribution in [0.3, 0.4) is 0 Å². The molecule has 0 heterocycles. The third kappa shape index (κ3) is 6.00. The van der Waals surface area contributed by atoms with Gasteiger partial charge in [0.2, 0.25) is 0 Å². The summed E-state index contributed by atoms with van der Waals surface area (Å²) in [7, 11) is 0. The van der Waals surface area contributed by atoms with E-state index in [1.54, 1.807) is 48.5 Å². The second-order valence-corrected chi connectivity index (χ2v) is 6.47. The molecule has 0 aromatic heterocycles. The number of amides is 1. The van der Waals surface area contributed by atoms with Gasteiger partial charge in [-0.05, 0) is 44.2 Å². The first-order valence-electron chi connectivity index (χ1n) is 8.78. The Bertz CT molecular complexity index is 851. The van der Waals surface area contributed by atoms with Crippen LogP contribution in [-0.4, -0.2) is 30.6 Å². The molecule has 6 nitrogen and oxygen atoms in total. The standard InChI is InChI=1S/C21H21ClN2O4/c1-15(20(25)24(13-7-12-23)18-9-4-3-5-10-18)28-21(26)16(2)27-19-11-6-8-17(22)14-19/h3-6,8-11,14-16H,7,13H2,1-2H3. The van der Waals surface area contributed by atoms with Crippen LogP contribution in [0, 0.1) is 11.3 Å². The lowest BCUT2D eigenvalue weighted by Gasteiger charge is -2.25. The molecule has 0 fully saturated rings. The van der Waals surface area contributed by atoms with E-state index in [1.165, 1.54) is 18.7 Å². The maximum absolute atomic E-state index is 12.8. The first-order valence-corrected chi connectivity index (χ1v) is 9.16. The quantitative estimate of drug-likeness (QED) is 0.626. The number of rotatable bonds is 8. The fraction of sp³-hybridized carbons (Fsp3) is 0.286. The van der Waals surface area contributed by atoms with Crippen molar-refractivity contribution in [1.82, 2.24) is 0 Å². The summed E-state index contributed by atoms with van der Waals surface area (Å²) in [5, 5.41) is 9.34. The summed E-state index contributed by atoms with van der Waals surface area (Å²) in [6, 6.07) is 17.6. The van der Waals surface area contributed by atoms with E-state index in [2.05, 4.69) is 0 Å². The number of carbonyl (C=O) groups is 2. The highest BCUT2D eigenvalue weighted by atomic mass is 35.5. The van der Waals surface area contributed by atoms with E-state index in [4.69, 9.17) is 26.3 Å². The SMILES string of the molecule is CC(Oc1cccc(Cl)c1)C(=O)OC(C)C(=O)N(CCC#N)c1ccccc1. The van der Waals surface area contributed by atoms with Gasteiger partial charge >= 0.3 is 5.97 Å². The van der Waals surface area contributed by atoms with Crippen molar-refractivity contribution in [2.45, 2.75) is 32.5 Å². The van der Waals surface area contributed by atoms with Gasteiger partial charge in [-0.3, -0.25) is 4.79 Å². The van der Waals surface area contributed by atoms with Crippen molar-refractivity contribution in [2.75, 3.05) is 11.4 Å². The Hall–Kier alpha value is -3.04. The minimum absolute atomic E-state index is 0.162. The lowest BCUT2D eigenvalue weighted by molar-refractivity contribution is -0.160. The van der Waals surface area contributed by atoms with Crippen LogP contribution in [0.15, 0.2) is 54.6 Å². The van der Waals surface area contributed by atoms with Gasteiger partial charge in [0, 0.05) is 17.3 Å². The molecule has 28 heavy (non-hydrogen) atoms. The summed E-state index contributed by atoms with van der Waals surface area (Å²) in [4.78, 5) is 26.5. The van der Waals surface area contributed by atoms with Crippen molar-refractivity contribution in [1.29, 1.82) is 5.26 Å². The van der Waals surface area contributed by atoms with Crippen LogP contribution in [0.25, 0.3) is 0 Å². The van der Waals surface area contributed by atoms with E-state index in [0.29, 0.717) is 16.5 Å². The van der Waals surface area contributed by atoms with Gasteiger partial charge in [0.15, 0.2) is 12.2 Å². The summed E-state index contributed by atoms with van der Waals surface area (Å²) in [6.45, 7) is 3.23. The molecule has 0 aliphatic carbocycles. The summed E-state index contributed by atoms with van der Waals surface area (Å²) in [5.74, 6) is -0.658. The van der Waals surface area contributed by atoms with E-state index in [9.17, 15) is 9.59 Å². The van der Waals surface area contributed by atoms with Gasteiger partial charge in [0.25, 0.3) is 5.91 Å². The van der Waals surface area contributed by atoms with Crippen LogP contribution in [0.4, 0.5) is 5.69 Å². The number of esters is 1. The van der Waals surface area contributed by atoms with Gasteiger partial charge in [0.1, 0.15) is 5.75 Å². The van der Waals surface area contributed by atoms with E-state index in [1.807, 2.05) is 12.1 Å². The van der Waals surface area contributed by atoms with Crippen molar-refractivity contribution in [3.8, 4) is 11.8 Å². The molecule has 7 heteroatoms. The number of halogens is 1. The molecular formula is C21H21ClN2O4. The zero-order valence-corrected chi connectivity index (χ0v) is 16.4. The molecule has 146 valence electrons. The van der Waals surface area contributed by atoms with Crippen molar-refractivity contribution in [2.24, 2.45) is 0 Å². The van der Waals surface area contributed by atoms with Gasteiger partial charge in [-0.1, -0.05) is 35.9 Å². The first kappa shape index (κ1) is 21.3. The lowest BCUT2D eigenvalue weighted by Crippen LogP contribution is -2.42. The summed E-state index contributed by atoms with van der Waals surface area (Å²) in [5.41, 5.74) is 0.633. The Morgan fingerprint density at radius 3 is 2.46 bits per heavy atom. The van der Waals surface area contributed by atoms with E-state index in [-0.39, 0.29) is 13.0 Å². The molecule has 2 aromatic rings. The number of carbonyl (C=O) groups excluding carboxylic acids is 2. The highest BCUT2D eigenvalue weighted by Gasteiger charge is 2.27. The number of hydrogen-bond donors (Lipinski definition) is 0. The second kappa shape index (κ2) is 10.3.